The summed E-state index contributed by atoms with van der Waals surface area (Å²) in [7, 11) is 0. The maximum Gasteiger partial charge on any atom is 0.122 e. The molecule has 1 saturated carbocycles. The smallest absolute Gasteiger partial charge is 0.122 e. The molecule has 0 spiro atoms. The van der Waals surface area contributed by atoms with E-state index in [9.17, 15) is 5.11 Å². The first-order valence-electron chi connectivity index (χ1n) is 6.77. The molecule has 4 heteroatoms. The Hall–Kier alpha value is -0.710. The number of hydrogen-bond donors (Lipinski definition) is 2. The largest absolute Gasteiger partial charge is 0.491 e. The Kier molecular flexibility index (Phi) is 5.13. The summed E-state index contributed by atoms with van der Waals surface area (Å²) in [6, 6.07) is 7.87. The Labute approximate surface area is 119 Å². The molecule has 0 saturated heterocycles. The molecule has 0 amide bonds. The van der Waals surface area contributed by atoms with Gasteiger partial charge in [0, 0.05) is 17.8 Å². The number of rotatable bonds is 8. The van der Waals surface area contributed by atoms with Gasteiger partial charge in [-0.25, -0.2) is 0 Å². The van der Waals surface area contributed by atoms with Crippen molar-refractivity contribution in [1.82, 2.24) is 5.32 Å². The summed E-state index contributed by atoms with van der Waals surface area (Å²) >= 11 is 1.93. The van der Waals surface area contributed by atoms with Gasteiger partial charge in [0.1, 0.15) is 18.5 Å². The van der Waals surface area contributed by atoms with E-state index in [2.05, 4.69) is 11.6 Å². The van der Waals surface area contributed by atoms with Crippen molar-refractivity contribution in [3.63, 3.8) is 0 Å². The second-order valence-corrected chi connectivity index (χ2v) is 6.52. The molecule has 1 fully saturated rings. The van der Waals surface area contributed by atoms with Gasteiger partial charge in [-0.1, -0.05) is 18.2 Å². The third-order valence-corrected chi connectivity index (χ3v) is 5.01. The summed E-state index contributed by atoms with van der Waals surface area (Å²) in [5.41, 5.74) is 1.10. The molecule has 0 aromatic heterocycles. The molecule has 0 radical (unpaired) electrons. The molecular weight excluding hydrogens is 258 g/mol. The Morgan fingerprint density at radius 2 is 2.16 bits per heavy atom. The number of ether oxygens (including phenoxy) is 1. The molecule has 106 valence electrons. The van der Waals surface area contributed by atoms with E-state index in [4.69, 9.17) is 4.74 Å². The second kappa shape index (κ2) is 6.64. The van der Waals surface area contributed by atoms with Crippen molar-refractivity contribution in [2.75, 3.05) is 26.0 Å². The van der Waals surface area contributed by atoms with Crippen molar-refractivity contribution in [3.05, 3.63) is 29.8 Å². The molecule has 0 heterocycles. The summed E-state index contributed by atoms with van der Waals surface area (Å²) in [5, 5.41) is 13.2. The van der Waals surface area contributed by atoms with Crippen LogP contribution < -0.4 is 10.1 Å². The van der Waals surface area contributed by atoms with Crippen molar-refractivity contribution in [2.24, 2.45) is 0 Å². The predicted octanol–water partition coefficient (Wildman–Crippen LogP) is 2.22. The summed E-state index contributed by atoms with van der Waals surface area (Å²) in [5.74, 6) is 0.851. The van der Waals surface area contributed by atoms with Gasteiger partial charge in [0.05, 0.1) is 0 Å². The van der Waals surface area contributed by atoms with Crippen LogP contribution in [-0.4, -0.2) is 41.9 Å². The van der Waals surface area contributed by atoms with E-state index >= 15 is 0 Å². The average Bonchev–Trinajstić information content (AvgIpc) is 3.18. The molecule has 3 nitrogen and oxygen atoms in total. The van der Waals surface area contributed by atoms with Gasteiger partial charge in [0.25, 0.3) is 0 Å². The Morgan fingerprint density at radius 3 is 2.79 bits per heavy atom. The van der Waals surface area contributed by atoms with Crippen LogP contribution in [0.1, 0.15) is 18.4 Å². The third kappa shape index (κ3) is 4.41. The highest BCUT2D eigenvalue weighted by Gasteiger charge is 2.41. The predicted molar refractivity (Wildman–Crippen MR) is 81.0 cm³/mol. The molecule has 1 aliphatic rings. The fraction of sp³-hybridized carbons (Fsp3) is 0.600. The van der Waals surface area contributed by atoms with Crippen molar-refractivity contribution < 1.29 is 9.84 Å². The molecule has 1 unspecified atom stereocenters. The van der Waals surface area contributed by atoms with Crippen LogP contribution in [0.25, 0.3) is 0 Å². The van der Waals surface area contributed by atoms with Gasteiger partial charge in [-0.05, 0) is 37.7 Å². The lowest BCUT2D eigenvalue weighted by atomic mass is 10.2. The zero-order valence-electron chi connectivity index (χ0n) is 11.7. The van der Waals surface area contributed by atoms with E-state index in [1.165, 1.54) is 12.8 Å². The van der Waals surface area contributed by atoms with Crippen molar-refractivity contribution >= 4 is 11.8 Å². The fourth-order valence-electron chi connectivity index (χ4n) is 2.02. The minimum atomic E-state index is -0.461. The van der Waals surface area contributed by atoms with Gasteiger partial charge >= 0.3 is 0 Å². The van der Waals surface area contributed by atoms with Gasteiger partial charge in [-0.2, -0.15) is 11.8 Å². The molecular formula is C15H23NO2S. The maximum absolute atomic E-state index is 9.90. The van der Waals surface area contributed by atoms with Gasteiger partial charge < -0.3 is 15.2 Å². The summed E-state index contributed by atoms with van der Waals surface area (Å²) in [6.07, 6.45) is 4.28. The second-order valence-electron chi connectivity index (χ2n) is 5.25. The molecule has 19 heavy (non-hydrogen) atoms. The van der Waals surface area contributed by atoms with Crippen molar-refractivity contribution in [1.29, 1.82) is 0 Å². The van der Waals surface area contributed by atoms with Crippen LogP contribution in [-0.2, 0) is 0 Å². The SMILES string of the molecule is CSC1(CNCC(O)COc2ccccc2C)CC1. The third-order valence-electron chi connectivity index (χ3n) is 3.59. The normalized spacial score (nSPS) is 18.1. The molecule has 2 N–H and O–H groups in total. The number of nitrogens with one attached hydrogen (secondary N) is 1. The molecule has 1 aromatic rings. The quantitative estimate of drug-likeness (QED) is 0.767. The lowest BCUT2D eigenvalue weighted by molar-refractivity contribution is 0.106. The fourth-order valence-corrected chi connectivity index (χ4v) is 2.78. The number of benzene rings is 1. The number of thioether (sulfide) groups is 1. The number of aliphatic hydroxyl groups is 1. The minimum Gasteiger partial charge on any atom is -0.491 e. The highest BCUT2D eigenvalue weighted by molar-refractivity contribution is 8.00. The molecule has 0 bridgehead atoms. The molecule has 0 aliphatic heterocycles. The van der Waals surface area contributed by atoms with Crippen LogP contribution in [0, 0.1) is 6.92 Å². The van der Waals surface area contributed by atoms with Gasteiger partial charge in [0.2, 0.25) is 0 Å². The highest BCUT2D eigenvalue weighted by Crippen LogP contribution is 2.46. The zero-order chi connectivity index (χ0) is 13.7. The summed E-state index contributed by atoms with van der Waals surface area (Å²) in [4.78, 5) is 0. The highest BCUT2D eigenvalue weighted by atomic mass is 32.2. The number of aryl methyl sites for hydroxylation is 1. The Morgan fingerprint density at radius 1 is 1.42 bits per heavy atom. The average molecular weight is 281 g/mol. The zero-order valence-corrected chi connectivity index (χ0v) is 12.5. The Bertz CT molecular complexity index is 407. The van der Waals surface area contributed by atoms with Crippen LogP contribution in [0.2, 0.25) is 0 Å². The van der Waals surface area contributed by atoms with Crippen LogP contribution in [0.15, 0.2) is 24.3 Å². The van der Waals surface area contributed by atoms with Crippen LogP contribution >= 0.6 is 11.8 Å². The first-order valence-corrected chi connectivity index (χ1v) is 8.00. The maximum atomic E-state index is 9.90. The summed E-state index contributed by atoms with van der Waals surface area (Å²) < 4.78 is 6.07. The Balaban J connectivity index is 1.65. The molecule has 2 rings (SSSR count). The topological polar surface area (TPSA) is 41.5 Å². The van der Waals surface area contributed by atoms with Gasteiger partial charge in [-0.15, -0.1) is 0 Å². The van der Waals surface area contributed by atoms with Crippen LogP contribution in [0.5, 0.6) is 5.75 Å². The molecule has 1 atom stereocenters. The van der Waals surface area contributed by atoms with E-state index in [1.807, 2.05) is 43.0 Å². The van der Waals surface area contributed by atoms with E-state index in [0.29, 0.717) is 17.9 Å². The van der Waals surface area contributed by atoms with Gasteiger partial charge in [0.15, 0.2) is 0 Å². The number of hydrogen-bond acceptors (Lipinski definition) is 4. The lowest BCUT2D eigenvalue weighted by Crippen LogP contribution is -2.35. The van der Waals surface area contributed by atoms with E-state index < -0.39 is 6.10 Å². The van der Waals surface area contributed by atoms with E-state index in [0.717, 1.165) is 17.9 Å². The standard InChI is InChI=1S/C15H23NO2S/c1-12-5-3-4-6-14(12)18-10-13(17)9-16-11-15(19-2)7-8-15/h3-6,13,16-17H,7-11H2,1-2H3. The van der Waals surface area contributed by atoms with Crippen molar-refractivity contribution in [2.45, 2.75) is 30.6 Å². The summed E-state index contributed by atoms with van der Waals surface area (Å²) in [6.45, 7) is 3.92. The molecule has 1 aliphatic carbocycles. The van der Waals surface area contributed by atoms with E-state index in [1.54, 1.807) is 0 Å². The van der Waals surface area contributed by atoms with Crippen molar-refractivity contribution in [3.8, 4) is 5.75 Å². The monoisotopic (exact) mass is 281 g/mol. The van der Waals surface area contributed by atoms with Crippen LogP contribution in [0.3, 0.4) is 0 Å². The number of aliphatic hydroxyl groups excluding tert-OH is 1. The first-order chi connectivity index (χ1) is 9.15. The van der Waals surface area contributed by atoms with Gasteiger partial charge in [-0.3, -0.25) is 0 Å². The van der Waals surface area contributed by atoms with E-state index in [-0.39, 0.29) is 0 Å². The molecule has 1 aromatic carbocycles. The number of para-hydroxylation sites is 1. The minimum absolute atomic E-state index is 0.337. The van der Waals surface area contributed by atoms with Crippen LogP contribution in [0.4, 0.5) is 0 Å². The lowest BCUT2D eigenvalue weighted by Gasteiger charge is -2.17. The first kappa shape index (κ1) is 14.7.